The molecule has 0 spiro atoms. The van der Waals surface area contributed by atoms with E-state index in [0.29, 0.717) is 23.6 Å². The standard InChI is InChI=1S/C22H26N2O4S/c1-14(21(26)24-16-7-10-18-19(11-16)28-13-27-18)29-17-8-5-15(6-9-17)23-20(25)12-22(2,3)4/h5-11,14H,12-13H2,1-4H3,(H,23,25)(H,24,26). The van der Waals surface area contributed by atoms with Crippen molar-refractivity contribution in [2.24, 2.45) is 5.41 Å². The molecule has 7 heteroatoms. The molecule has 0 bridgehead atoms. The number of amides is 2. The van der Waals surface area contributed by atoms with Crippen LogP contribution in [0, 0.1) is 5.41 Å². The third-order valence-corrected chi connectivity index (χ3v) is 5.26. The highest BCUT2D eigenvalue weighted by molar-refractivity contribution is 8.00. The predicted octanol–water partition coefficient (Wildman–Crippen LogP) is 4.91. The van der Waals surface area contributed by atoms with Gasteiger partial charge in [0.15, 0.2) is 11.5 Å². The minimum Gasteiger partial charge on any atom is -0.454 e. The summed E-state index contributed by atoms with van der Waals surface area (Å²) >= 11 is 1.45. The number of rotatable bonds is 6. The molecule has 154 valence electrons. The molecule has 2 aromatic rings. The molecular weight excluding hydrogens is 388 g/mol. The lowest BCUT2D eigenvalue weighted by molar-refractivity contribution is -0.118. The van der Waals surface area contributed by atoms with Gasteiger partial charge in [0.25, 0.3) is 0 Å². The summed E-state index contributed by atoms with van der Waals surface area (Å²) in [7, 11) is 0. The van der Waals surface area contributed by atoms with E-state index in [1.165, 1.54) is 11.8 Å². The summed E-state index contributed by atoms with van der Waals surface area (Å²) in [4.78, 5) is 25.5. The number of hydrogen-bond acceptors (Lipinski definition) is 5. The van der Waals surface area contributed by atoms with Crippen LogP contribution in [0.25, 0.3) is 0 Å². The van der Waals surface area contributed by atoms with E-state index in [4.69, 9.17) is 9.47 Å². The molecule has 0 saturated heterocycles. The molecule has 1 aliphatic heterocycles. The number of fused-ring (bicyclic) bond motifs is 1. The van der Waals surface area contributed by atoms with Crippen LogP contribution < -0.4 is 20.1 Å². The van der Waals surface area contributed by atoms with Crippen molar-refractivity contribution >= 4 is 35.0 Å². The SMILES string of the molecule is CC(Sc1ccc(NC(=O)CC(C)(C)C)cc1)C(=O)Nc1ccc2c(c1)OCO2. The Balaban J connectivity index is 1.52. The number of hydrogen-bond donors (Lipinski definition) is 2. The van der Waals surface area contributed by atoms with Crippen LogP contribution in [0.15, 0.2) is 47.4 Å². The van der Waals surface area contributed by atoms with E-state index in [1.54, 1.807) is 18.2 Å². The minimum absolute atomic E-state index is 0.00521. The van der Waals surface area contributed by atoms with Gasteiger partial charge >= 0.3 is 0 Å². The molecule has 0 saturated carbocycles. The first-order valence-corrected chi connectivity index (χ1v) is 10.3. The molecule has 2 amide bonds. The summed E-state index contributed by atoms with van der Waals surface area (Å²) in [5.74, 6) is 1.21. The number of ether oxygens (including phenoxy) is 2. The van der Waals surface area contributed by atoms with Crippen molar-refractivity contribution in [3.05, 3.63) is 42.5 Å². The van der Waals surface area contributed by atoms with Gasteiger partial charge in [-0.25, -0.2) is 0 Å². The largest absolute Gasteiger partial charge is 0.454 e. The fraction of sp³-hybridized carbons (Fsp3) is 0.364. The molecule has 2 N–H and O–H groups in total. The Morgan fingerprint density at radius 2 is 1.66 bits per heavy atom. The number of thioether (sulfide) groups is 1. The molecule has 3 rings (SSSR count). The number of benzene rings is 2. The predicted molar refractivity (Wildman–Crippen MR) is 116 cm³/mol. The second-order valence-corrected chi connectivity index (χ2v) is 9.54. The van der Waals surface area contributed by atoms with Gasteiger partial charge in [0.1, 0.15) is 0 Å². The van der Waals surface area contributed by atoms with Crippen LogP contribution in [0.4, 0.5) is 11.4 Å². The highest BCUT2D eigenvalue weighted by atomic mass is 32.2. The molecule has 2 aromatic carbocycles. The van der Waals surface area contributed by atoms with Gasteiger partial charge < -0.3 is 20.1 Å². The molecule has 0 aliphatic carbocycles. The third kappa shape index (κ3) is 6.15. The number of anilines is 2. The molecule has 1 heterocycles. The summed E-state index contributed by atoms with van der Waals surface area (Å²) < 4.78 is 10.6. The Morgan fingerprint density at radius 3 is 2.34 bits per heavy atom. The first-order chi connectivity index (χ1) is 13.7. The summed E-state index contributed by atoms with van der Waals surface area (Å²) in [6.07, 6.45) is 0.459. The maximum atomic E-state index is 12.5. The third-order valence-electron chi connectivity index (χ3n) is 4.15. The molecule has 0 aromatic heterocycles. The second-order valence-electron chi connectivity index (χ2n) is 8.13. The summed E-state index contributed by atoms with van der Waals surface area (Å²) in [6.45, 7) is 8.14. The molecule has 0 radical (unpaired) electrons. The molecule has 1 unspecified atom stereocenters. The molecule has 6 nitrogen and oxygen atoms in total. The average Bonchev–Trinajstić information content (AvgIpc) is 3.09. The second kappa shape index (κ2) is 8.78. The van der Waals surface area contributed by atoms with Crippen LogP contribution in [0.2, 0.25) is 0 Å². The van der Waals surface area contributed by atoms with Crippen molar-refractivity contribution in [1.29, 1.82) is 0 Å². The van der Waals surface area contributed by atoms with Gasteiger partial charge in [-0.05, 0) is 48.7 Å². The zero-order valence-electron chi connectivity index (χ0n) is 17.1. The Hall–Kier alpha value is -2.67. The van der Waals surface area contributed by atoms with Gasteiger partial charge in [0.05, 0.1) is 5.25 Å². The van der Waals surface area contributed by atoms with Crippen LogP contribution in [0.3, 0.4) is 0 Å². The van der Waals surface area contributed by atoms with E-state index in [2.05, 4.69) is 10.6 Å². The first-order valence-electron chi connectivity index (χ1n) is 9.47. The van der Waals surface area contributed by atoms with Crippen molar-refractivity contribution in [3.8, 4) is 11.5 Å². The zero-order chi connectivity index (χ0) is 21.0. The first kappa shape index (κ1) is 21.0. The van der Waals surface area contributed by atoms with E-state index in [1.807, 2.05) is 52.0 Å². The molecular formula is C22H26N2O4S. The monoisotopic (exact) mass is 414 g/mol. The molecule has 1 aliphatic rings. The number of nitrogens with one attached hydrogen (secondary N) is 2. The lowest BCUT2D eigenvalue weighted by atomic mass is 9.92. The fourth-order valence-corrected chi connectivity index (χ4v) is 3.65. The van der Waals surface area contributed by atoms with Crippen LogP contribution in [-0.2, 0) is 9.59 Å². The van der Waals surface area contributed by atoms with Gasteiger partial charge in [0.2, 0.25) is 18.6 Å². The Morgan fingerprint density at radius 1 is 1.00 bits per heavy atom. The smallest absolute Gasteiger partial charge is 0.237 e. The number of carbonyl (C=O) groups excluding carboxylic acids is 2. The fourth-order valence-electron chi connectivity index (χ4n) is 2.78. The maximum Gasteiger partial charge on any atom is 0.237 e. The molecule has 0 fully saturated rings. The minimum atomic E-state index is -0.290. The topological polar surface area (TPSA) is 76.7 Å². The molecule has 1 atom stereocenters. The van der Waals surface area contributed by atoms with Crippen molar-refractivity contribution in [1.82, 2.24) is 0 Å². The van der Waals surface area contributed by atoms with E-state index >= 15 is 0 Å². The molecule has 29 heavy (non-hydrogen) atoms. The quantitative estimate of drug-likeness (QED) is 0.657. The van der Waals surface area contributed by atoms with Gasteiger partial charge in [-0.1, -0.05) is 20.8 Å². The van der Waals surface area contributed by atoms with E-state index in [9.17, 15) is 9.59 Å². The van der Waals surface area contributed by atoms with E-state index in [0.717, 1.165) is 10.6 Å². The summed E-state index contributed by atoms with van der Waals surface area (Å²) in [6, 6.07) is 12.8. The highest BCUT2D eigenvalue weighted by Crippen LogP contribution is 2.34. The average molecular weight is 415 g/mol. The summed E-state index contributed by atoms with van der Waals surface area (Å²) in [5, 5.41) is 5.51. The van der Waals surface area contributed by atoms with Crippen molar-refractivity contribution < 1.29 is 19.1 Å². The highest BCUT2D eigenvalue weighted by Gasteiger charge is 2.18. The van der Waals surface area contributed by atoms with Crippen LogP contribution in [0.5, 0.6) is 11.5 Å². The van der Waals surface area contributed by atoms with Crippen LogP contribution >= 0.6 is 11.8 Å². The normalized spacial score (nSPS) is 13.7. The Bertz CT molecular complexity index is 891. The van der Waals surface area contributed by atoms with Crippen molar-refractivity contribution in [2.75, 3.05) is 17.4 Å². The van der Waals surface area contributed by atoms with E-state index < -0.39 is 0 Å². The van der Waals surface area contributed by atoms with Gasteiger partial charge in [-0.15, -0.1) is 11.8 Å². The van der Waals surface area contributed by atoms with E-state index in [-0.39, 0.29) is 29.3 Å². The van der Waals surface area contributed by atoms with Gasteiger partial charge in [0, 0.05) is 28.8 Å². The van der Waals surface area contributed by atoms with Crippen molar-refractivity contribution in [3.63, 3.8) is 0 Å². The van der Waals surface area contributed by atoms with Gasteiger partial charge in [-0.2, -0.15) is 0 Å². The van der Waals surface area contributed by atoms with Crippen LogP contribution in [0.1, 0.15) is 34.1 Å². The van der Waals surface area contributed by atoms with Crippen molar-refractivity contribution in [2.45, 2.75) is 44.3 Å². The maximum absolute atomic E-state index is 12.5. The number of carbonyl (C=O) groups is 2. The van der Waals surface area contributed by atoms with Crippen LogP contribution in [-0.4, -0.2) is 23.9 Å². The summed E-state index contributed by atoms with van der Waals surface area (Å²) in [5.41, 5.74) is 1.37. The Labute approximate surface area is 175 Å². The zero-order valence-corrected chi connectivity index (χ0v) is 17.9. The lowest BCUT2D eigenvalue weighted by Gasteiger charge is -2.17. The lowest BCUT2D eigenvalue weighted by Crippen LogP contribution is -2.22. The van der Waals surface area contributed by atoms with Gasteiger partial charge in [-0.3, -0.25) is 9.59 Å². The Kier molecular flexibility index (Phi) is 6.37.